The van der Waals surface area contributed by atoms with Gasteiger partial charge in [-0.05, 0) is 73.1 Å². The average Bonchev–Trinajstić information content (AvgIpc) is 3.41. The lowest BCUT2D eigenvalue weighted by Gasteiger charge is -2.22. The number of aryl methyl sites for hydroxylation is 2. The van der Waals surface area contributed by atoms with E-state index in [4.69, 9.17) is 4.74 Å². The summed E-state index contributed by atoms with van der Waals surface area (Å²) in [6, 6.07) is 15.1. The summed E-state index contributed by atoms with van der Waals surface area (Å²) in [7, 11) is 1.67. The van der Waals surface area contributed by atoms with Gasteiger partial charge in [-0.2, -0.15) is 0 Å². The largest absolute Gasteiger partial charge is 0.497 e. The molecule has 2 aromatic rings. The molecule has 4 heteroatoms. The SMILES string of the molecule is COc1ccc(CN(C(=O)CSc2ccc3c(c2)CCC3)C2CC2)cc1. The maximum Gasteiger partial charge on any atom is 0.233 e. The van der Waals surface area contributed by atoms with E-state index in [1.807, 2.05) is 12.1 Å². The van der Waals surface area contributed by atoms with Crippen LogP contribution in [0.4, 0.5) is 0 Å². The average molecular weight is 368 g/mol. The minimum atomic E-state index is 0.244. The molecule has 0 saturated heterocycles. The Balaban J connectivity index is 1.37. The highest BCUT2D eigenvalue weighted by molar-refractivity contribution is 8.00. The second kappa shape index (κ2) is 7.75. The molecule has 0 N–H and O–H groups in total. The van der Waals surface area contributed by atoms with E-state index < -0.39 is 0 Å². The lowest BCUT2D eigenvalue weighted by Crippen LogP contribution is -2.33. The Morgan fingerprint density at radius 2 is 1.88 bits per heavy atom. The molecule has 0 heterocycles. The van der Waals surface area contributed by atoms with Crippen LogP contribution in [0.1, 0.15) is 36.0 Å². The van der Waals surface area contributed by atoms with Gasteiger partial charge in [0.25, 0.3) is 0 Å². The third kappa shape index (κ3) is 4.07. The maximum absolute atomic E-state index is 12.8. The van der Waals surface area contributed by atoms with Crippen molar-refractivity contribution in [3.05, 3.63) is 59.2 Å². The second-order valence-electron chi connectivity index (χ2n) is 7.17. The first-order valence-corrected chi connectivity index (χ1v) is 10.4. The summed E-state index contributed by atoms with van der Waals surface area (Å²) in [4.78, 5) is 16.1. The van der Waals surface area contributed by atoms with Crippen LogP contribution in [-0.4, -0.2) is 29.7 Å². The summed E-state index contributed by atoms with van der Waals surface area (Å²) >= 11 is 1.67. The topological polar surface area (TPSA) is 29.5 Å². The molecule has 0 bridgehead atoms. The van der Waals surface area contributed by atoms with Gasteiger partial charge in [0, 0.05) is 17.5 Å². The van der Waals surface area contributed by atoms with E-state index in [-0.39, 0.29) is 5.91 Å². The number of rotatable bonds is 7. The van der Waals surface area contributed by atoms with Gasteiger partial charge in [-0.1, -0.05) is 18.2 Å². The van der Waals surface area contributed by atoms with Gasteiger partial charge in [-0.3, -0.25) is 4.79 Å². The van der Waals surface area contributed by atoms with E-state index in [1.54, 1.807) is 18.9 Å². The van der Waals surface area contributed by atoms with E-state index in [0.29, 0.717) is 18.3 Å². The Labute approximate surface area is 159 Å². The van der Waals surface area contributed by atoms with Gasteiger partial charge >= 0.3 is 0 Å². The molecule has 0 radical (unpaired) electrons. The third-order valence-corrected chi connectivity index (χ3v) is 6.23. The maximum atomic E-state index is 12.8. The highest BCUT2D eigenvalue weighted by Gasteiger charge is 2.32. The lowest BCUT2D eigenvalue weighted by molar-refractivity contribution is -0.129. The molecule has 4 rings (SSSR count). The first-order valence-electron chi connectivity index (χ1n) is 9.40. The molecular weight excluding hydrogens is 342 g/mol. The number of hydrogen-bond acceptors (Lipinski definition) is 3. The number of methoxy groups -OCH3 is 1. The van der Waals surface area contributed by atoms with Crippen LogP contribution in [0.25, 0.3) is 0 Å². The predicted molar refractivity (Wildman–Crippen MR) is 106 cm³/mol. The monoisotopic (exact) mass is 367 g/mol. The molecule has 0 atom stereocenters. The van der Waals surface area contributed by atoms with Crippen LogP contribution in [0.5, 0.6) is 5.75 Å². The molecule has 26 heavy (non-hydrogen) atoms. The molecule has 1 fully saturated rings. The van der Waals surface area contributed by atoms with Crippen molar-refractivity contribution in [2.24, 2.45) is 0 Å². The van der Waals surface area contributed by atoms with Crippen molar-refractivity contribution >= 4 is 17.7 Å². The smallest absolute Gasteiger partial charge is 0.233 e. The van der Waals surface area contributed by atoms with Gasteiger partial charge in [-0.15, -0.1) is 11.8 Å². The molecule has 3 nitrogen and oxygen atoms in total. The molecule has 2 aliphatic carbocycles. The first kappa shape index (κ1) is 17.5. The predicted octanol–water partition coefficient (Wildman–Crippen LogP) is 4.47. The standard InChI is InChI=1S/C22H25NO2S/c1-25-20-10-5-16(6-11-20)14-23(19-8-9-19)22(24)15-26-21-12-7-17-3-2-4-18(17)13-21/h5-7,10-13,19H,2-4,8-9,14-15H2,1H3. The van der Waals surface area contributed by atoms with Crippen molar-refractivity contribution in [3.8, 4) is 5.75 Å². The zero-order valence-corrected chi connectivity index (χ0v) is 16.1. The normalized spacial score (nSPS) is 15.6. The van der Waals surface area contributed by atoms with E-state index >= 15 is 0 Å². The molecule has 1 amide bonds. The number of carbonyl (C=O) groups excluding carboxylic acids is 1. The Morgan fingerprint density at radius 1 is 1.12 bits per heavy atom. The lowest BCUT2D eigenvalue weighted by atomic mass is 10.1. The zero-order valence-electron chi connectivity index (χ0n) is 15.2. The molecule has 1 saturated carbocycles. The van der Waals surface area contributed by atoms with Gasteiger partial charge in [-0.25, -0.2) is 0 Å². The van der Waals surface area contributed by atoms with Crippen LogP contribution in [0.15, 0.2) is 47.4 Å². The number of hydrogen-bond donors (Lipinski definition) is 0. The van der Waals surface area contributed by atoms with Gasteiger partial charge in [0.2, 0.25) is 5.91 Å². The Kier molecular flexibility index (Phi) is 5.21. The van der Waals surface area contributed by atoms with Gasteiger partial charge in [0.05, 0.1) is 12.9 Å². The van der Waals surface area contributed by atoms with Crippen LogP contribution >= 0.6 is 11.8 Å². The van der Waals surface area contributed by atoms with E-state index in [1.165, 1.54) is 35.3 Å². The minimum absolute atomic E-state index is 0.244. The van der Waals surface area contributed by atoms with Gasteiger partial charge in [0.15, 0.2) is 0 Å². The van der Waals surface area contributed by atoms with E-state index in [9.17, 15) is 4.79 Å². The molecule has 0 aliphatic heterocycles. The van der Waals surface area contributed by atoms with E-state index in [2.05, 4.69) is 35.2 Å². The third-order valence-electron chi connectivity index (χ3n) is 5.25. The van der Waals surface area contributed by atoms with Crippen LogP contribution in [-0.2, 0) is 24.2 Å². The van der Waals surface area contributed by atoms with Crippen molar-refractivity contribution < 1.29 is 9.53 Å². The van der Waals surface area contributed by atoms with Gasteiger partial charge < -0.3 is 9.64 Å². The molecule has 2 aliphatic rings. The number of amides is 1. The number of fused-ring (bicyclic) bond motifs is 1. The fourth-order valence-corrected chi connectivity index (χ4v) is 4.45. The molecule has 136 valence electrons. The van der Waals surface area contributed by atoms with Crippen molar-refractivity contribution in [3.63, 3.8) is 0 Å². The Morgan fingerprint density at radius 3 is 2.62 bits per heavy atom. The Hall–Kier alpha value is -1.94. The minimum Gasteiger partial charge on any atom is -0.497 e. The molecule has 0 unspecified atom stereocenters. The number of carbonyl (C=O) groups is 1. The van der Waals surface area contributed by atoms with E-state index in [0.717, 1.165) is 24.2 Å². The highest BCUT2D eigenvalue weighted by atomic mass is 32.2. The molecule has 2 aromatic carbocycles. The number of thioether (sulfide) groups is 1. The number of benzene rings is 2. The van der Waals surface area contributed by atoms with Crippen LogP contribution < -0.4 is 4.74 Å². The summed E-state index contributed by atoms with van der Waals surface area (Å²) in [5, 5.41) is 0. The summed E-state index contributed by atoms with van der Waals surface area (Å²) in [5.41, 5.74) is 4.12. The van der Waals surface area contributed by atoms with Crippen LogP contribution in [0.2, 0.25) is 0 Å². The first-order chi connectivity index (χ1) is 12.7. The fraction of sp³-hybridized carbons (Fsp3) is 0.409. The van der Waals surface area contributed by atoms with Crippen molar-refractivity contribution in [1.29, 1.82) is 0 Å². The summed E-state index contributed by atoms with van der Waals surface area (Å²) in [5.74, 6) is 1.62. The van der Waals surface area contributed by atoms with Gasteiger partial charge in [0.1, 0.15) is 5.75 Å². The van der Waals surface area contributed by atoms with Crippen molar-refractivity contribution in [2.45, 2.75) is 49.6 Å². The summed E-state index contributed by atoms with van der Waals surface area (Å²) < 4.78 is 5.22. The van der Waals surface area contributed by atoms with Crippen LogP contribution in [0.3, 0.4) is 0 Å². The highest BCUT2D eigenvalue weighted by Crippen LogP contribution is 2.31. The van der Waals surface area contributed by atoms with Crippen LogP contribution in [0, 0.1) is 0 Å². The number of ether oxygens (including phenoxy) is 1. The quantitative estimate of drug-likeness (QED) is 0.677. The summed E-state index contributed by atoms with van der Waals surface area (Å²) in [6.45, 7) is 0.693. The Bertz CT molecular complexity index is 783. The van der Waals surface area contributed by atoms with Crippen molar-refractivity contribution in [2.75, 3.05) is 12.9 Å². The molecule has 0 spiro atoms. The zero-order chi connectivity index (χ0) is 17.9. The summed E-state index contributed by atoms with van der Waals surface area (Å²) in [6.07, 6.45) is 5.91. The fourth-order valence-electron chi connectivity index (χ4n) is 3.60. The second-order valence-corrected chi connectivity index (χ2v) is 8.22. The number of nitrogens with zero attached hydrogens (tertiary/aromatic N) is 1. The van der Waals surface area contributed by atoms with Crippen molar-refractivity contribution in [1.82, 2.24) is 4.90 Å². The molecular formula is C22H25NO2S. The molecule has 0 aromatic heterocycles.